The van der Waals surface area contributed by atoms with Crippen LogP contribution in [0, 0.1) is 0 Å². The largest absolute Gasteiger partial charge is 0.496 e. The SMILES string of the molecule is COc1cccc(OC)c1-c1csc2ccc(C(=O)N=C(N)N)cc12. The topological polar surface area (TPSA) is 99.9 Å². The van der Waals surface area contributed by atoms with Crippen LogP contribution in [0.25, 0.3) is 21.2 Å². The molecule has 6 nitrogen and oxygen atoms in total. The minimum atomic E-state index is -0.481. The van der Waals surface area contributed by atoms with Crippen molar-refractivity contribution >= 4 is 33.3 Å². The number of hydrogen-bond donors (Lipinski definition) is 2. The van der Waals surface area contributed by atoms with Crippen LogP contribution in [0.4, 0.5) is 0 Å². The summed E-state index contributed by atoms with van der Waals surface area (Å²) < 4.78 is 12.0. The van der Waals surface area contributed by atoms with Crippen molar-refractivity contribution in [1.29, 1.82) is 0 Å². The van der Waals surface area contributed by atoms with Gasteiger partial charge in [0.05, 0.1) is 19.8 Å². The fourth-order valence-corrected chi connectivity index (χ4v) is 3.59. The summed E-state index contributed by atoms with van der Waals surface area (Å²) in [6.45, 7) is 0. The Balaban J connectivity index is 2.22. The van der Waals surface area contributed by atoms with E-state index >= 15 is 0 Å². The van der Waals surface area contributed by atoms with Crippen molar-refractivity contribution in [3.63, 3.8) is 0 Å². The number of benzene rings is 2. The second-order valence-electron chi connectivity index (χ2n) is 5.24. The van der Waals surface area contributed by atoms with Gasteiger partial charge in [0.1, 0.15) is 11.5 Å². The number of thiophene rings is 1. The van der Waals surface area contributed by atoms with Gasteiger partial charge in [-0.25, -0.2) is 0 Å². The first-order valence-corrected chi connectivity index (χ1v) is 8.29. The standard InChI is InChI=1S/C18H17N3O3S/c1-23-13-4-3-5-14(24-2)16(13)12-9-25-15-7-6-10(8-11(12)15)17(22)21-18(19)20/h3-9H,1-2H3,(H4,19,20,21,22). The zero-order chi connectivity index (χ0) is 18.0. The molecule has 0 saturated heterocycles. The molecule has 0 fully saturated rings. The Labute approximate surface area is 148 Å². The summed E-state index contributed by atoms with van der Waals surface area (Å²) in [6.07, 6.45) is 0. The van der Waals surface area contributed by atoms with E-state index in [0.29, 0.717) is 17.1 Å². The van der Waals surface area contributed by atoms with Gasteiger partial charge in [-0.3, -0.25) is 4.79 Å². The fraction of sp³-hybridized carbons (Fsp3) is 0.111. The number of nitrogens with two attached hydrogens (primary N) is 2. The molecule has 0 atom stereocenters. The monoisotopic (exact) mass is 355 g/mol. The number of ether oxygens (including phenoxy) is 2. The Bertz CT molecular complexity index is 953. The molecule has 25 heavy (non-hydrogen) atoms. The van der Waals surface area contributed by atoms with Gasteiger partial charge in [0.15, 0.2) is 5.96 Å². The summed E-state index contributed by atoms with van der Waals surface area (Å²) in [5.41, 5.74) is 12.8. The first kappa shape index (κ1) is 16.8. The van der Waals surface area contributed by atoms with Crippen molar-refractivity contribution in [2.24, 2.45) is 16.5 Å². The minimum Gasteiger partial charge on any atom is -0.496 e. The molecule has 7 heteroatoms. The Morgan fingerprint density at radius 2 is 1.76 bits per heavy atom. The molecule has 1 amide bonds. The van der Waals surface area contributed by atoms with Gasteiger partial charge in [0.2, 0.25) is 0 Å². The summed E-state index contributed by atoms with van der Waals surface area (Å²) >= 11 is 1.57. The average Bonchev–Trinajstić information content (AvgIpc) is 3.03. The Morgan fingerprint density at radius 1 is 1.08 bits per heavy atom. The van der Waals surface area contributed by atoms with Crippen LogP contribution in [0.5, 0.6) is 11.5 Å². The molecular weight excluding hydrogens is 338 g/mol. The van der Waals surface area contributed by atoms with Crippen LogP contribution in [0.3, 0.4) is 0 Å². The normalized spacial score (nSPS) is 10.5. The maximum Gasteiger partial charge on any atom is 0.280 e. The van der Waals surface area contributed by atoms with Crippen molar-refractivity contribution < 1.29 is 14.3 Å². The van der Waals surface area contributed by atoms with E-state index in [4.69, 9.17) is 20.9 Å². The highest BCUT2D eigenvalue weighted by Gasteiger charge is 2.17. The van der Waals surface area contributed by atoms with Crippen LogP contribution in [0.2, 0.25) is 0 Å². The molecule has 0 radical (unpaired) electrons. The molecule has 1 aromatic heterocycles. The lowest BCUT2D eigenvalue weighted by Gasteiger charge is -2.12. The van der Waals surface area contributed by atoms with E-state index in [0.717, 1.165) is 21.2 Å². The Kier molecular flexibility index (Phi) is 4.58. The van der Waals surface area contributed by atoms with Crippen LogP contribution >= 0.6 is 11.3 Å². The minimum absolute atomic E-state index is 0.262. The van der Waals surface area contributed by atoms with E-state index in [-0.39, 0.29) is 5.96 Å². The number of amides is 1. The number of carbonyl (C=O) groups excluding carboxylic acids is 1. The molecule has 0 spiro atoms. The molecule has 1 heterocycles. The van der Waals surface area contributed by atoms with Gasteiger partial charge >= 0.3 is 0 Å². The smallest absolute Gasteiger partial charge is 0.280 e. The molecule has 0 saturated carbocycles. The van der Waals surface area contributed by atoms with Crippen molar-refractivity contribution in [2.45, 2.75) is 0 Å². The van der Waals surface area contributed by atoms with Crippen molar-refractivity contribution in [1.82, 2.24) is 0 Å². The molecule has 0 aliphatic rings. The van der Waals surface area contributed by atoms with Gasteiger partial charge in [-0.2, -0.15) is 4.99 Å². The van der Waals surface area contributed by atoms with Crippen LogP contribution in [-0.2, 0) is 0 Å². The number of fused-ring (bicyclic) bond motifs is 1. The van der Waals surface area contributed by atoms with Crippen molar-refractivity contribution in [2.75, 3.05) is 14.2 Å². The van der Waals surface area contributed by atoms with E-state index in [9.17, 15) is 4.79 Å². The second-order valence-corrected chi connectivity index (χ2v) is 6.15. The molecule has 2 aromatic carbocycles. The number of methoxy groups -OCH3 is 2. The summed E-state index contributed by atoms with van der Waals surface area (Å²) in [7, 11) is 3.22. The van der Waals surface area contributed by atoms with Gasteiger partial charge < -0.3 is 20.9 Å². The lowest BCUT2D eigenvalue weighted by Crippen LogP contribution is -2.24. The second kappa shape index (κ2) is 6.82. The number of rotatable bonds is 4. The number of carbonyl (C=O) groups is 1. The number of nitrogens with zero attached hydrogens (tertiary/aromatic N) is 1. The summed E-state index contributed by atoms with van der Waals surface area (Å²) in [5, 5.41) is 2.92. The van der Waals surface area contributed by atoms with E-state index in [1.165, 1.54) is 0 Å². The molecular formula is C18H17N3O3S. The van der Waals surface area contributed by atoms with Gasteiger partial charge in [-0.1, -0.05) is 6.07 Å². The Hall–Kier alpha value is -3.06. The maximum absolute atomic E-state index is 12.1. The predicted molar refractivity (Wildman–Crippen MR) is 101 cm³/mol. The number of aliphatic imine (C=N–C) groups is 1. The third-order valence-electron chi connectivity index (χ3n) is 3.75. The fourth-order valence-electron chi connectivity index (χ4n) is 2.65. The van der Waals surface area contributed by atoms with Gasteiger partial charge in [-0.05, 0) is 30.3 Å². The highest BCUT2D eigenvalue weighted by molar-refractivity contribution is 7.17. The maximum atomic E-state index is 12.1. The molecule has 3 rings (SSSR count). The highest BCUT2D eigenvalue weighted by atomic mass is 32.1. The zero-order valence-electron chi connectivity index (χ0n) is 13.8. The summed E-state index contributed by atoms with van der Waals surface area (Å²) in [6, 6.07) is 11.0. The molecule has 0 unspecified atom stereocenters. The predicted octanol–water partition coefficient (Wildman–Crippen LogP) is 3.00. The van der Waals surface area contributed by atoms with Crippen molar-refractivity contribution in [3.8, 4) is 22.6 Å². The molecule has 4 N–H and O–H groups in total. The van der Waals surface area contributed by atoms with E-state index in [1.807, 2.05) is 29.6 Å². The molecule has 0 aliphatic heterocycles. The first-order valence-electron chi connectivity index (χ1n) is 7.41. The third kappa shape index (κ3) is 3.14. The van der Waals surface area contributed by atoms with Crippen LogP contribution in [-0.4, -0.2) is 26.1 Å². The zero-order valence-corrected chi connectivity index (χ0v) is 14.6. The van der Waals surface area contributed by atoms with Gasteiger partial charge in [0, 0.05) is 26.6 Å². The van der Waals surface area contributed by atoms with E-state index in [2.05, 4.69) is 4.99 Å². The first-order chi connectivity index (χ1) is 12.0. The van der Waals surface area contributed by atoms with Crippen LogP contribution < -0.4 is 20.9 Å². The van der Waals surface area contributed by atoms with Crippen LogP contribution in [0.1, 0.15) is 10.4 Å². The average molecular weight is 355 g/mol. The molecule has 3 aromatic rings. The van der Waals surface area contributed by atoms with Gasteiger partial charge in [-0.15, -0.1) is 11.3 Å². The van der Waals surface area contributed by atoms with Crippen molar-refractivity contribution in [3.05, 3.63) is 47.3 Å². The third-order valence-corrected chi connectivity index (χ3v) is 4.71. The lowest BCUT2D eigenvalue weighted by molar-refractivity contribution is 0.100. The number of hydrogen-bond acceptors (Lipinski definition) is 4. The van der Waals surface area contributed by atoms with Gasteiger partial charge in [0.25, 0.3) is 5.91 Å². The quantitative estimate of drug-likeness (QED) is 0.553. The molecule has 0 aliphatic carbocycles. The Morgan fingerprint density at radius 3 is 2.36 bits per heavy atom. The summed E-state index contributed by atoms with van der Waals surface area (Å²) in [5.74, 6) is 0.646. The summed E-state index contributed by atoms with van der Waals surface area (Å²) in [4.78, 5) is 15.7. The van der Waals surface area contributed by atoms with Crippen LogP contribution in [0.15, 0.2) is 46.8 Å². The van der Waals surface area contributed by atoms with E-state index in [1.54, 1.807) is 37.7 Å². The number of guanidine groups is 1. The molecule has 128 valence electrons. The lowest BCUT2D eigenvalue weighted by atomic mass is 10.0. The highest BCUT2D eigenvalue weighted by Crippen LogP contribution is 2.44. The molecule has 0 bridgehead atoms. The van der Waals surface area contributed by atoms with E-state index < -0.39 is 5.91 Å².